The van der Waals surface area contributed by atoms with Crippen molar-refractivity contribution in [3.63, 3.8) is 0 Å². The van der Waals surface area contributed by atoms with Gasteiger partial charge in [-0.3, -0.25) is 0 Å². The average molecular weight is 133 g/mol. The fourth-order valence-electron chi connectivity index (χ4n) is 0. The summed E-state index contributed by atoms with van der Waals surface area (Å²) >= 11 is 0. The van der Waals surface area contributed by atoms with Gasteiger partial charge in [-0.15, -0.1) is 0 Å². The van der Waals surface area contributed by atoms with Gasteiger partial charge in [0.2, 0.25) is 0 Å². The van der Waals surface area contributed by atoms with Crippen molar-refractivity contribution in [1.29, 1.82) is 0 Å². The van der Waals surface area contributed by atoms with Crippen LogP contribution in [0.2, 0.25) is 0 Å². The molecule has 0 aliphatic carbocycles. The van der Waals surface area contributed by atoms with Gasteiger partial charge in [-0.05, 0) is 0 Å². The molecular formula is CH7CrNTi. The topological polar surface area (TPSA) is 35.0 Å². The first-order chi connectivity index (χ1) is 0. The molecule has 0 saturated heterocycles. The van der Waals surface area contributed by atoms with E-state index < -0.39 is 0 Å². The van der Waals surface area contributed by atoms with Crippen LogP contribution in [0.25, 0.3) is 0 Å². The molecule has 0 rings (SSSR count). The van der Waals surface area contributed by atoms with E-state index in [1.54, 1.807) is 0 Å². The van der Waals surface area contributed by atoms with Crippen LogP contribution in [0.1, 0.15) is 7.43 Å². The van der Waals surface area contributed by atoms with E-state index in [0.29, 0.717) is 0 Å². The second kappa shape index (κ2) is 29.7. The largest absolute Gasteiger partial charge is 0.344 e. The SMILES string of the molecule is C.N.[Cr].[Ti]. The van der Waals surface area contributed by atoms with Gasteiger partial charge in [0.1, 0.15) is 0 Å². The molecule has 0 bridgehead atoms. The molecule has 0 radical (unpaired) electrons. The van der Waals surface area contributed by atoms with Crippen LogP contribution in [0.4, 0.5) is 0 Å². The van der Waals surface area contributed by atoms with Crippen molar-refractivity contribution < 1.29 is 39.1 Å². The first-order valence-corrected chi connectivity index (χ1v) is 0. The summed E-state index contributed by atoms with van der Waals surface area (Å²) in [7, 11) is 0. The van der Waals surface area contributed by atoms with Crippen LogP contribution in [-0.2, 0) is 39.1 Å². The summed E-state index contributed by atoms with van der Waals surface area (Å²) in [5.41, 5.74) is 0. The van der Waals surface area contributed by atoms with Crippen LogP contribution in [0.3, 0.4) is 0 Å². The van der Waals surface area contributed by atoms with E-state index in [-0.39, 0.29) is 52.7 Å². The number of hydrogen-bond acceptors (Lipinski definition) is 1. The fourth-order valence-corrected chi connectivity index (χ4v) is 0. The van der Waals surface area contributed by atoms with Crippen LogP contribution in [-0.4, -0.2) is 0 Å². The molecule has 0 atom stereocenters. The predicted molar refractivity (Wildman–Crippen MR) is 11.8 cm³/mol. The van der Waals surface area contributed by atoms with Crippen LogP contribution in [0.15, 0.2) is 0 Å². The molecule has 0 fully saturated rings. The number of rotatable bonds is 0. The van der Waals surface area contributed by atoms with Gasteiger partial charge in [-0.1, -0.05) is 7.43 Å². The van der Waals surface area contributed by atoms with Crippen LogP contribution < -0.4 is 6.15 Å². The zero-order valence-electron chi connectivity index (χ0n) is 1.62. The molecule has 0 amide bonds. The first kappa shape index (κ1) is 63.3. The van der Waals surface area contributed by atoms with Gasteiger partial charge in [0.05, 0.1) is 0 Å². The van der Waals surface area contributed by atoms with Crippen molar-refractivity contribution in [3.8, 4) is 0 Å². The van der Waals surface area contributed by atoms with E-state index in [2.05, 4.69) is 0 Å². The minimum absolute atomic E-state index is 0. The van der Waals surface area contributed by atoms with Gasteiger partial charge in [0.15, 0.2) is 0 Å². The smallest absolute Gasteiger partial charge is 0 e. The van der Waals surface area contributed by atoms with Crippen molar-refractivity contribution in [2.24, 2.45) is 0 Å². The Morgan fingerprint density at radius 2 is 1.00 bits per heavy atom. The predicted octanol–water partition coefficient (Wildman–Crippen LogP) is 0.793. The zero-order valence-corrected chi connectivity index (χ0v) is 4.45. The summed E-state index contributed by atoms with van der Waals surface area (Å²) in [6.45, 7) is 0. The third-order valence-corrected chi connectivity index (χ3v) is 0. The Morgan fingerprint density at radius 1 is 1.00 bits per heavy atom. The second-order valence-corrected chi connectivity index (χ2v) is 0. The average Bonchev–Trinajstić information content (AvgIpc) is 0. The van der Waals surface area contributed by atoms with Gasteiger partial charge in [-0.25, -0.2) is 0 Å². The molecule has 0 aromatic heterocycles. The Morgan fingerprint density at radius 3 is 1.00 bits per heavy atom. The molecule has 0 aliphatic rings. The second-order valence-electron chi connectivity index (χ2n) is 0. The molecule has 26 valence electrons. The van der Waals surface area contributed by atoms with Gasteiger partial charge < -0.3 is 6.15 Å². The molecule has 0 spiro atoms. The fraction of sp³-hybridized carbons (Fsp3) is 1.00. The maximum absolute atomic E-state index is 0. The van der Waals surface area contributed by atoms with Crippen molar-refractivity contribution in [1.82, 2.24) is 6.15 Å². The molecule has 3 heteroatoms. The molecule has 0 aromatic carbocycles. The van der Waals surface area contributed by atoms with Crippen LogP contribution >= 0.6 is 0 Å². The standard InChI is InChI=1S/CH4.Cr.H3N.Ti/h1H4;;1H3;. The Balaban J connectivity index is 0. The monoisotopic (exact) mass is 133 g/mol. The van der Waals surface area contributed by atoms with Crippen LogP contribution in [0.5, 0.6) is 0 Å². The normalized spacial score (nSPS) is 0. The number of hydrogen-bond donors (Lipinski definition) is 1. The zero-order chi connectivity index (χ0) is 0. The summed E-state index contributed by atoms with van der Waals surface area (Å²) in [5.74, 6) is 0. The van der Waals surface area contributed by atoms with Gasteiger partial charge in [0.25, 0.3) is 0 Å². The summed E-state index contributed by atoms with van der Waals surface area (Å²) < 4.78 is 0. The van der Waals surface area contributed by atoms with E-state index in [9.17, 15) is 0 Å². The summed E-state index contributed by atoms with van der Waals surface area (Å²) in [6, 6.07) is 0. The molecule has 0 unspecified atom stereocenters. The molecular weight excluding hydrogens is 126 g/mol. The maximum Gasteiger partial charge on any atom is 0 e. The molecule has 0 aromatic rings. The molecule has 4 heavy (non-hydrogen) atoms. The van der Waals surface area contributed by atoms with Gasteiger partial charge in [0, 0.05) is 39.1 Å². The van der Waals surface area contributed by atoms with Crippen LogP contribution in [0, 0.1) is 0 Å². The van der Waals surface area contributed by atoms with Crippen molar-refractivity contribution >= 4 is 0 Å². The third-order valence-electron chi connectivity index (χ3n) is 0. The molecule has 0 heterocycles. The molecule has 0 aliphatic heterocycles. The van der Waals surface area contributed by atoms with Gasteiger partial charge >= 0.3 is 0 Å². The maximum atomic E-state index is 0. The minimum atomic E-state index is 0. The Labute approximate surface area is 52.8 Å². The van der Waals surface area contributed by atoms with Crippen molar-refractivity contribution in [2.75, 3.05) is 0 Å². The Bertz CT molecular complexity index is 8.00. The molecule has 0 saturated carbocycles. The van der Waals surface area contributed by atoms with E-state index in [0.717, 1.165) is 0 Å². The summed E-state index contributed by atoms with van der Waals surface area (Å²) in [6.07, 6.45) is 0. The molecule has 1 nitrogen and oxygen atoms in total. The van der Waals surface area contributed by atoms with E-state index in [1.165, 1.54) is 0 Å². The van der Waals surface area contributed by atoms with E-state index in [1.807, 2.05) is 0 Å². The molecule has 3 N–H and O–H groups in total. The Kier molecular flexibility index (Phi) is 470. The quantitative estimate of drug-likeness (QED) is 0.487. The first-order valence-electron chi connectivity index (χ1n) is 0. The summed E-state index contributed by atoms with van der Waals surface area (Å²) in [4.78, 5) is 0. The van der Waals surface area contributed by atoms with Crippen molar-refractivity contribution in [3.05, 3.63) is 0 Å². The van der Waals surface area contributed by atoms with E-state index >= 15 is 0 Å². The van der Waals surface area contributed by atoms with E-state index in [4.69, 9.17) is 0 Å². The minimum Gasteiger partial charge on any atom is -0.344 e. The van der Waals surface area contributed by atoms with Gasteiger partial charge in [-0.2, -0.15) is 0 Å². The third kappa shape index (κ3) is 10.7. The Hall–Kier alpha value is 1.21. The van der Waals surface area contributed by atoms with Crippen molar-refractivity contribution in [2.45, 2.75) is 7.43 Å². The summed E-state index contributed by atoms with van der Waals surface area (Å²) in [5, 5.41) is 0.